The zero-order valence-electron chi connectivity index (χ0n) is 16.5. The lowest BCUT2D eigenvalue weighted by Crippen LogP contribution is -2.45. The average molecular weight is 384 g/mol. The van der Waals surface area contributed by atoms with E-state index in [1.807, 2.05) is 38.1 Å². The van der Waals surface area contributed by atoms with Crippen molar-refractivity contribution in [2.45, 2.75) is 45.9 Å². The number of likely N-dealkylation sites (tertiary alicyclic amines) is 1. The van der Waals surface area contributed by atoms with Gasteiger partial charge in [0, 0.05) is 19.6 Å². The summed E-state index contributed by atoms with van der Waals surface area (Å²) in [5.74, 6) is -0.0536. The van der Waals surface area contributed by atoms with Gasteiger partial charge in [-0.15, -0.1) is 0 Å². The fraction of sp³-hybridized carbons (Fsp3) is 0.455. The van der Waals surface area contributed by atoms with Crippen LogP contribution in [0, 0.1) is 5.92 Å². The lowest BCUT2D eigenvalue weighted by atomic mass is 9.96. The van der Waals surface area contributed by atoms with Crippen molar-refractivity contribution < 1.29 is 18.7 Å². The van der Waals surface area contributed by atoms with Crippen LogP contribution in [0.25, 0.3) is 0 Å². The van der Waals surface area contributed by atoms with Crippen LogP contribution in [-0.2, 0) is 22.7 Å². The first-order chi connectivity index (χ1) is 13.5. The summed E-state index contributed by atoms with van der Waals surface area (Å²) in [6, 6.07) is 11.3. The summed E-state index contributed by atoms with van der Waals surface area (Å²) >= 11 is 0. The number of furan rings is 1. The third-order valence-corrected chi connectivity index (χ3v) is 4.95. The molecule has 0 spiro atoms. The maximum atomic E-state index is 12.7. The van der Waals surface area contributed by atoms with Crippen molar-refractivity contribution in [1.29, 1.82) is 0 Å². The van der Waals surface area contributed by atoms with Crippen LogP contribution in [0.4, 0.5) is 0 Å². The molecule has 0 radical (unpaired) electrons. The predicted octanol–water partition coefficient (Wildman–Crippen LogP) is 3.37. The minimum atomic E-state index is -0.202. The molecule has 6 heteroatoms. The van der Waals surface area contributed by atoms with E-state index in [4.69, 9.17) is 9.15 Å². The number of benzene rings is 1. The molecule has 0 saturated carbocycles. The highest BCUT2D eigenvalue weighted by Gasteiger charge is 2.29. The van der Waals surface area contributed by atoms with E-state index in [9.17, 15) is 9.59 Å². The molecule has 1 unspecified atom stereocenters. The minimum Gasteiger partial charge on any atom is -0.459 e. The highest BCUT2D eigenvalue weighted by molar-refractivity contribution is 5.92. The van der Waals surface area contributed by atoms with E-state index >= 15 is 0 Å². The number of rotatable bonds is 7. The molecule has 3 rings (SSSR count). The molecule has 1 aliphatic rings. The van der Waals surface area contributed by atoms with Gasteiger partial charge in [0.05, 0.1) is 24.9 Å². The summed E-state index contributed by atoms with van der Waals surface area (Å²) in [7, 11) is 0. The van der Waals surface area contributed by atoms with Gasteiger partial charge in [0.1, 0.15) is 0 Å². The molecule has 1 fully saturated rings. The number of nitrogens with one attached hydrogen (secondary N) is 1. The van der Waals surface area contributed by atoms with E-state index in [0.29, 0.717) is 32.0 Å². The normalized spacial score (nSPS) is 17.0. The number of amides is 2. The van der Waals surface area contributed by atoms with Crippen LogP contribution in [0.2, 0.25) is 0 Å². The number of hydrogen-bond donors (Lipinski definition) is 1. The first kappa shape index (κ1) is 20.1. The van der Waals surface area contributed by atoms with Crippen molar-refractivity contribution in [3.63, 3.8) is 0 Å². The molecule has 28 heavy (non-hydrogen) atoms. The molecule has 2 heterocycles. The van der Waals surface area contributed by atoms with Crippen molar-refractivity contribution in [2.24, 2.45) is 5.92 Å². The van der Waals surface area contributed by atoms with Crippen molar-refractivity contribution in [2.75, 3.05) is 13.1 Å². The Kier molecular flexibility index (Phi) is 6.87. The van der Waals surface area contributed by atoms with Crippen LogP contribution in [0.5, 0.6) is 0 Å². The van der Waals surface area contributed by atoms with Crippen LogP contribution < -0.4 is 5.32 Å². The fourth-order valence-corrected chi connectivity index (χ4v) is 3.39. The van der Waals surface area contributed by atoms with Crippen molar-refractivity contribution >= 4 is 11.8 Å². The van der Waals surface area contributed by atoms with Crippen LogP contribution >= 0.6 is 0 Å². The van der Waals surface area contributed by atoms with Gasteiger partial charge >= 0.3 is 0 Å². The Bertz CT molecular complexity index is 786. The molecular weight excluding hydrogens is 356 g/mol. The first-order valence-corrected chi connectivity index (χ1v) is 9.83. The summed E-state index contributed by atoms with van der Waals surface area (Å²) in [5, 5.41) is 3.04. The molecule has 1 aromatic heterocycles. The second-order valence-electron chi connectivity index (χ2n) is 7.41. The van der Waals surface area contributed by atoms with Gasteiger partial charge in [-0.05, 0) is 49.9 Å². The van der Waals surface area contributed by atoms with Gasteiger partial charge in [0.2, 0.25) is 5.91 Å². The van der Waals surface area contributed by atoms with E-state index in [0.717, 1.165) is 24.0 Å². The predicted molar refractivity (Wildman–Crippen MR) is 106 cm³/mol. The van der Waals surface area contributed by atoms with Gasteiger partial charge in [-0.2, -0.15) is 0 Å². The largest absolute Gasteiger partial charge is 0.459 e. The Morgan fingerprint density at radius 2 is 2.00 bits per heavy atom. The van der Waals surface area contributed by atoms with Crippen LogP contribution in [0.1, 0.15) is 48.4 Å². The standard InChI is InChI=1S/C22H28N2O4/c1-16(2)28-15-19-8-4-3-7-17(19)13-23-21(25)18-9-5-11-24(14-18)22(26)20-10-6-12-27-20/h3-4,6-8,10,12,16,18H,5,9,11,13-15H2,1-2H3,(H,23,25). The highest BCUT2D eigenvalue weighted by Crippen LogP contribution is 2.20. The molecule has 1 N–H and O–H groups in total. The molecular formula is C22H28N2O4. The molecule has 6 nitrogen and oxygen atoms in total. The molecule has 1 aromatic carbocycles. The van der Waals surface area contributed by atoms with Gasteiger partial charge in [0.15, 0.2) is 5.76 Å². The SMILES string of the molecule is CC(C)OCc1ccccc1CNC(=O)C1CCCN(C(=O)c2ccco2)C1. The number of piperidine rings is 1. The monoisotopic (exact) mass is 384 g/mol. The van der Waals surface area contributed by atoms with Crippen LogP contribution in [0.3, 0.4) is 0 Å². The van der Waals surface area contributed by atoms with E-state index in [-0.39, 0.29) is 23.8 Å². The van der Waals surface area contributed by atoms with Gasteiger partial charge < -0.3 is 19.4 Å². The lowest BCUT2D eigenvalue weighted by Gasteiger charge is -2.31. The number of ether oxygens (including phenoxy) is 1. The van der Waals surface area contributed by atoms with E-state index in [2.05, 4.69) is 5.32 Å². The topological polar surface area (TPSA) is 71.8 Å². The quantitative estimate of drug-likeness (QED) is 0.794. The number of hydrogen-bond acceptors (Lipinski definition) is 4. The molecule has 0 bridgehead atoms. The van der Waals surface area contributed by atoms with Gasteiger partial charge in [0.25, 0.3) is 5.91 Å². The number of nitrogens with zero attached hydrogens (tertiary/aromatic N) is 1. The second kappa shape index (κ2) is 9.55. The second-order valence-corrected chi connectivity index (χ2v) is 7.41. The molecule has 2 amide bonds. The van der Waals surface area contributed by atoms with E-state index < -0.39 is 0 Å². The lowest BCUT2D eigenvalue weighted by molar-refractivity contribution is -0.126. The third-order valence-electron chi connectivity index (χ3n) is 4.95. The van der Waals surface area contributed by atoms with Crippen molar-refractivity contribution in [3.8, 4) is 0 Å². The summed E-state index contributed by atoms with van der Waals surface area (Å²) in [4.78, 5) is 26.9. The Balaban J connectivity index is 1.56. The maximum Gasteiger partial charge on any atom is 0.289 e. The van der Waals surface area contributed by atoms with Crippen molar-refractivity contribution in [3.05, 3.63) is 59.5 Å². The number of carbonyl (C=O) groups excluding carboxylic acids is 2. The number of carbonyl (C=O) groups is 2. The molecule has 2 aromatic rings. The summed E-state index contributed by atoms with van der Waals surface area (Å²) in [5.41, 5.74) is 2.13. The summed E-state index contributed by atoms with van der Waals surface area (Å²) < 4.78 is 10.9. The smallest absolute Gasteiger partial charge is 0.289 e. The Morgan fingerprint density at radius 3 is 2.71 bits per heavy atom. The average Bonchev–Trinajstić information content (AvgIpc) is 3.25. The Hall–Kier alpha value is -2.60. The minimum absolute atomic E-state index is 0.0171. The summed E-state index contributed by atoms with van der Waals surface area (Å²) in [6.07, 6.45) is 3.24. The maximum absolute atomic E-state index is 12.7. The van der Waals surface area contributed by atoms with Crippen LogP contribution in [-0.4, -0.2) is 35.9 Å². The molecule has 150 valence electrons. The zero-order valence-corrected chi connectivity index (χ0v) is 16.5. The first-order valence-electron chi connectivity index (χ1n) is 9.83. The summed E-state index contributed by atoms with van der Waals surface area (Å²) in [6.45, 7) is 6.06. The van der Waals surface area contributed by atoms with Crippen LogP contribution in [0.15, 0.2) is 47.1 Å². The van der Waals surface area contributed by atoms with E-state index in [1.54, 1.807) is 17.0 Å². The van der Waals surface area contributed by atoms with Crippen molar-refractivity contribution in [1.82, 2.24) is 10.2 Å². The highest BCUT2D eigenvalue weighted by atomic mass is 16.5. The molecule has 1 atom stereocenters. The molecule has 1 aliphatic heterocycles. The van der Waals surface area contributed by atoms with E-state index in [1.165, 1.54) is 6.26 Å². The Morgan fingerprint density at radius 1 is 1.21 bits per heavy atom. The third kappa shape index (κ3) is 5.23. The van der Waals surface area contributed by atoms with Gasteiger partial charge in [-0.25, -0.2) is 0 Å². The van der Waals surface area contributed by atoms with Gasteiger partial charge in [-0.3, -0.25) is 9.59 Å². The molecule has 0 aliphatic carbocycles. The van der Waals surface area contributed by atoms with Gasteiger partial charge in [-0.1, -0.05) is 24.3 Å². The molecule has 1 saturated heterocycles. The fourth-order valence-electron chi connectivity index (χ4n) is 3.39. The Labute approximate surface area is 165 Å². The zero-order chi connectivity index (χ0) is 19.9.